The molecule has 0 saturated heterocycles. The standard InChI is InChI=1S/C9H5Cl2NO4/c1-12-8(15)2-3(9(12)16)7(14)5(11)4(10)6(2)13/h13-14H,1H3. The normalized spacial score (nSPS) is 14.6. The van der Waals surface area contributed by atoms with Gasteiger partial charge in [0.25, 0.3) is 11.8 Å². The molecule has 2 rings (SSSR count). The number of nitrogens with zero attached hydrogens (tertiary/aromatic N) is 1. The molecule has 0 aromatic heterocycles. The van der Waals surface area contributed by atoms with Crippen LogP contribution in [0.15, 0.2) is 0 Å². The van der Waals surface area contributed by atoms with E-state index in [1.54, 1.807) is 0 Å². The Kier molecular flexibility index (Phi) is 2.25. The van der Waals surface area contributed by atoms with E-state index in [0.717, 1.165) is 4.90 Å². The van der Waals surface area contributed by atoms with Gasteiger partial charge in [-0.1, -0.05) is 23.2 Å². The minimum atomic E-state index is -0.730. The lowest BCUT2D eigenvalue weighted by Gasteiger charge is -2.06. The Hall–Kier alpha value is -1.46. The number of rotatable bonds is 0. The Morgan fingerprint density at radius 1 is 0.938 bits per heavy atom. The first kappa shape index (κ1) is 11.0. The highest BCUT2D eigenvalue weighted by atomic mass is 35.5. The van der Waals surface area contributed by atoms with E-state index in [2.05, 4.69) is 0 Å². The van der Waals surface area contributed by atoms with Gasteiger partial charge in [-0.05, 0) is 0 Å². The zero-order chi connectivity index (χ0) is 12.2. The summed E-state index contributed by atoms with van der Waals surface area (Å²) in [6.45, 7) is 0. The van der Waals surface area contributed by atoms with E-state index in [9.17, 15) is 19.8 Å². The van der Waals surface area contributed by atoms with E-state index in [0.29, 0.717) is 0 Å². The second-order valence-electron chi connectivity index (χ2n) is 3.24. The second kappa shape index (κ2) is 3.26. The summed E-state index contributed by atoms with van der Waals surface area (Å²) in [6.07, 6.45) is 0. The summed E-state index contributed by atoms with van der Waals surface area (Å²) in [5, 5.41) is 18.5. The first-order valence-electron chi connectivity index (χ1n) is 4.13. The number of halogens is 2. The van der Waals surface area contributed by atoms with Crippen molar-refractivity contribution in [3.63, 3.8) is 0 Å². The van der Waals surface area contributed by atoms with Crippen molar-refractivity contribution in [1.29, 1.82) is 0 Å². The number of fused-ring (bicyclic) bond motifs is 1. The average Bonchev–Trinajstić information content (AvgIpc) is 2.48. The van der Waals surface area contributed by atoms with Crippen molar-refractivity contribution in [1.82, 2.24) is 4.90 Å². The Balaban J connectivity index is 2.91. The van der Waals surface area contributed by atoms with Crippen LogP contribution in [0.25, 0.3) is 0 Å². The monoisotopic (exact) mass is 261 g/mol. The summed E-state index contributed by atoms with van der Waals surface area (Å²) in [7, 11) is 1.23. The first-order chi connectivity index (χ1) is 7.37. The van der Waals surface area contributed by atoms with E-state index in [-0.39, 0.29) is 21.2 Å². The summed E-state index contributed by atoms with van der Waals surface area (Å²) in [5.41, 5.74) is -0.640. The van der Waals surface area contributed by atoms with Crippen LogP contribution in [0.5, 0.6) is 11.5 Å². The maximum absolute atomic E-state index is 11.6. The van der Waals surface area contributed by atoms with Crippen molar-refractivity contribution in [3.8, 4) is 11.5 Å². The molecule has 0 aliphatic carbocycles. The molecular weight excluding hydrogens is 257 g/mol. The van der Waals surface area contributed by atoms with Gasteiger partial charge in [-0.3, -0.25) is 14.5 Å². The maximum atomic E-state index is 11.6. The third-order valence-electron chi connectivity index (χ3n) is 2.37. The van der Waals surface area contributed by atoms with E-state index in [1.807, 2.05) is 0 Å². The molecule has 0 saturated carbocycles. The highest BCUT2D eigenvalue weighted by Gasteiger charge is 2.40. The topological polar surface area (TPSA) is 77.8 Å². The molecule has 1 aliphatic rings. The highest BCUT2D eigenvalue weighted by molar-refractivity contribution is 6.45. The Labute approximate surface area is 99.8 Å². The number of benzene rings is 1. The number of phenols is 2. The predicted molar refractivity (Wildman–Crippen MR) is 56.2 cm³/mol. The highest BCUT2D eigenvalue weighted by Crippen LogP contribution is 2.46. The van der Waals surface area contributed by atoms with Crippen LogP contribution >= 0.6 is 23.2 Å². The molecule has 1 aliphatic heterocycles. The summed E-state index contributed by atoms with van der Waals surface area (Å²) >= 11 is 11.2. The molecule has 1 heterocycles. The second-order valence-corrected chi connectivity index (χ2v) is 4.00. The van der Waals surface area contributed by atoms with Gasteiger partial charge in [0.15, 0.2) is 0 Å². The van der Waals surface area contributed by atoms with E-state index in [4.69, 9.17) is 23.2 Å². The van der Waals surface area contributed by atoms with Crippen LogP contribution in [0, 0.1) is 0 Å². The van der Waals surface area contributed by atoms with Crippen molar-refractivity contribution in [2.24, 2.45) is 0 Å². The van der Waals surface area contributed by atoms with Crippen LogP contribution in [0.3, 0.4) is 0 Å². The van der Waals surface area contributed by atoms with Gasteiger partial charge >= 0.3 is 0 Å². The number of carbonyl (C=O) groups excluding carboxylic acids is 2. The molecule has 2 amide bonds. The Bertz CT molecular complexity index is 494. The molecule has 1 aromatic carbocycles. The number of imide groups is 1. The molecule has 0 atom stereocenters. The third-order valence-corrected chi connectivity index (χ3v) is 3.20. The largest absolute Gasteiger partial charge is 0.505 e. The van der Waals surface area contributed by atoms with Gasteiger partial charge in [-0.15, -0.1) is 0 Å². The zero-order valence-electron chi connectivity index (χ0n) is 7.91. The molecule has 2 N–H and O–H groups in total. The Morgan fingerprint density at radius 2 is 1.25 bits per heavy atom. The van der Waals surface area contributed by atoms with Crippen LogP contribution in [0.1, 0.15) is 20.7 Å². The molecule has 0 fully saturated rings. The van der Waals surface area contributed by atoms with E-state index in [1.165, 1.54) is 7.05 Å². The molecule has 0 unspecified atom stereocenters. The van der Waals surface area contributed by atoms with Gasteiger partial charge < -0.3 is 10.2 Å². The fourth-order valence-electron chi connectivity index (χ4n) is 1.51. The minimum absolute atomic E-state index is 0.320. The fraction of sp³-hybridized carbons (Fsp3) is 0.111. The molecule has 7 heteroatoms. The molecule has 0 spiro atoms. The van der Waals surface area contributed by atoms with Gasteiger partial charge in [0.05, 0.1) is 11.1 Å². The zero-order valence-corrected chi connectivity index (χ0v) is 9.43. The van der Waals surface area contributed by atoms with Gasteiger partial charge in [0.1, 0.15) is 21.5 Å². The van der Waals surface area contributed by atoms with Crippen molar-refractivity contribution in [2.75, 3.05) is 7.05 Å². The molecular formula is C9H5Cl2NO4. The molecule has 16 heavy (non-hydrogen) atoms. The number of carbonyl (C=O) groups is 2. The molecule has 0 bridgehead atoms. The smallest absolute Gasteiger partial charge is 0.265 e. The van der Waals surface area contributed by atoms with Gasteiger partial charge in [-0.25, -0.2) is 0 Å². The Morgan fingerprint density at radius 3 is 1.56 bits per heavy atom. The van der Waals surface area contributed by atoms with Gasteiger partial charge in [0, 0.05) is 7.05 Å². The van der Waals surface area contributed by atoms with Crippen LogP contribution < -0.4 is 0 Å². The third kappa shape index (κ3) is 1.12. The maximum Gasteiger partial charge on any atom is 0.265 e. The molecule has 5 nitrogen and oxygen atoms in total. The number of amides is 2. The summed E-state index contributed by atoms with van der Waals surface area (Å²) < 4.78 is 0. The van der Waals surface area contributed by atoms with E-state index >= 15 is 0 Å². The molecule has 0 radical (unpaired) electrons. The SMILES string of the molecule is CN1C(=O)c2c(O)c(Cl)c(Cl)c(O)c2C1=O. The lowest BCUT2D eigenvalue weighted by molar-refractivity contribution is 0.0692. The van der Waals surface area contributed by atoms with E-state index < -0.39 is 23.3 Å². The number of hydrogen-bond acceptors (Lipinski definition) is 4. The predicted octanol–water partition coefficient (Wildman–Crippen LogP) is 1.63. The minimum Gasteiger partial charge on any atom is -0.505 e. The van der Waals surface area contributed by atoms with Crippen LogP contribution in [-0.2, 0) is 0 Å². The van der Waals surface area contributed by atoms with Crippen molar-refractivity contribution >= 4 is 35.0 Å². The van der Waals surface area contributed by atoms with Gasteiger partial charge in [0.2, 0.25) is 0 Å². The fourth-order valence-corrected chi connectivity index (χ4v) is 1.88. The average molecular weight is 262 g/mol. The first-order valence-corrected chi connectivity index (χ1v) is 4.88. The number of phenolic OH excluding ortho intramolecular Hbond substituents is 2. The summed E-state index contributed by atoms with van der Waals surface area (Å²) in [6, 6.07) is 0. The summed E-state index contributed by atoms with van der Waals surface area (Å²) in [4.78, 5) is 23.9. The van der Waals surface area contributed by atoms with Crippen molar-refractivity contribution in [2.45, 2.75) is 0 Å². The van der Waals surface area contributed by atoms with Crippen molar-refractivity contribution in [3.05, 3.63) is 21.2 Å². The van der Waals surface area contributed by atoms with Crippen LogP contribution in [0.2, 0.25) is 10.0 Å². The number of hydrogen-bond donors (Lipinski definition) is 2. The van der Waals surface area contributed by atoms with Crippen LogP contribution in [0.4, 0.5) is 0 Å². The van der Waals surface area contributed by atoms with Crippen molar-refractivity contribution < 1.29 is 19.8 Å². The molecule has 1 aromatic rings. The van der Waals surface area contributed by atoms with Gasteiger partial charge in [-0.2, -0.15) is 0 Å². The summed E-state index contributed by atoms with van der Waals surface area (Å²) in [5.74, 6) is -2.65. The lowest BCUT2D eigenvalue weighted by atomic mass is 10.1. The van der Waals surface area contributed by atoms with Crippen LogP contribution in [-0.4, -0.2) is 34.0 Å². The number of aromatic hydroxyl groups is 2. The molecule has 84 valence electrons. The quantitative estimate of drug-likeness (QED) is 0.550. The lowest BCUT2D eigenvalue weighted by Crippen LogP contribution is -2.24.